The van der Waals surface area contributed by atoms with Gasteiger partial charge in [-0.2, -0.15) is 0 Å². The number of nitro groups is 1. The Morgan fingerprint density at radius 1 is 1.71 bits per heavy atom. The molecule has 1 aliphatic rings. The van der Waals surface area contributed by atoms with E-state index in [2.05, 4.69) is 9.97 Å². The van der Waals surface area contributed by atoms with E-state index in [0.717, 1.165) is 6.20 Å². The van der Waals surface area contributed by atoms with Crippen LogP contribution in [-0.2, 0) is 0 Å². The lowest BCUT2D eigenvalue weighted by Gasteiger charge is -1.99. The number of nitrogens with zero attached hydrogens (tertiary/aromatic N) is 3. The van der Waals surface area contributed by atoms with Gasteiger partial charge in [0.25, 0.3) is 0 Å². The Balaban J connectivity index is 2.44. The van der Waals surface area contributed by atoms with E-state index in [-0.39, 0.29) is 22.9 Å². The quantitative estimate of drug-likeness (QED) is 0.451. The molecule has 1 heterocycles. The summed E-state index contributed by atoms with van der Waals surface area (Å²) in [6.45, 7) is 0. The van der Waals surface area contributed by atoms with Crippen molar-refractivity contribution in [3.05, 3.63) is 22.0 Å². The van der Waals surface area contributed by atoms with E-state index in [0.29, 0.717) is 12.1 Å². The Hall–Kier alpha value is -1.43. The SMILES string of the molecule is Nc1ncc([N+](=O)[O-])c(C2CC2Cl)n1. The highest BCUT2D eigenvalue weighted by Crippen LogP contribution is 2.47. The largest absolute Gasteiger partial charge is 0.368 e. The van der Waals surface area contributed by atoms with Gasteiger partial charge in [-0.05, 0) is 6.42 Å². The van der Waals surface area contributed by atoms with Crippen molar-refractivity contribution >= 4 is 23.2 Å². The summed E-state index contributed by atoms with van der Waals surface area (Å²) >= 11 is 5.79. The van der Waals surface area contributed by atoms with Crippen molar-refractivity contribution in [1.29, 1.82) is 0 Å². The zero-order valence-electron chi connectivity index (χ0n) is 7.05. The number of halogens is 1. The van der Waals surface area contributed by atoms with E-state index in [1.54, 1.807) is 0 Å². The number of aromatic nitrogens is 2. The number of rotatable bonds is 2. The van der Waals surface area contributed by atoms with Crippen molar-refractivity contribution in [2.24, 2.45) is 0 Å². The first kappa shape index (κ1) is 9.14. The van der Waals surface area contributed by atoms with Gasteiger partial charge in [0.15, 0.2) is 0 Å². The molecular weight excluding hydrogens is 208 g/mol. The van der Waals surface area contributed by atoms with Gasteiger partial charge in [0.05, 0.1) is 4.92 Å². The average molecular weight is 215 g/mol. The molecule has 1 aliphatic carbocycles. The molecule has 1 aromatic heterocycles. The van der Waals surface area contributed by atoms with Gasteiger partial charge >= 0.3 is 5.69 Å². The van der Waals surface area contributed by atoms with Crippen LogP contribution in [0.5, 0.6) is 0 Å². The third kappa shape index (κ3) is 1.48. The van der Waals surface area contributed by atoms with E-state index >= 15 is 0 Å². The van der Waals surface area contributed by atoms with E-state index in [4.69, 9.17) is 17.3 Å². The fraction of sp³-hybridized carbons (Fsp3) is 0.429. The molecule has 6 nitrogen and oxygen atoms in total. The van der Waals surface area contributed by atoms with Crippen molar-refractivity contribution in [1.82, 2.24) is 9.97 Å². The minimum atomic E-state index is -0.517. The summed E-state index contributed by atoms with van der Waals surface area (Å²) in [4.78, 5) is 17.5. The molecule has 1 saturated carbocycles. The minimum absolute atomic E-state index is 0.0429. The number of alkyl halides is 1. The number of anilines is 1. The first-order valence-electron chi connectivity index (χ1n) is 4.00. The molecule has 1 aromatic rings. The Morgan fingerprint density at radius 2 is 2.36 bits per heavy atom. The molecule has 14 heavy (non-hydrogen) atoms. The molecule has 2 N–H and O–H groups in total. The van der Waals surface area contributed by atoms with E-state index in [1.807, 2.05) is 0 Å². The Labute approximate surface area is 84.3 Å². The molecule has 0 aliphatic heterocycles. The van der Waals surface area contributed by atoms with Crippen LogP contribution in [0, 0.1) is 10.1 Å². The maximum Gasteiger partial charge on any atom is 0.309 e. The van der Waals surface area contributed by atoms with Crippen molar-refractivity contribution in [3.8, 4) is 0 Å². The molecule has 0 saturated heterocycles. The molecule has 7 heteroatoms. The molecule has 1 fully saturated rings. The molecular formula is C7H7ClN4O2. The molecule has 0 bridgehead atoms. The molecule has 0 aromatic carbocycles. The van der Waals surface area contributed by atoms with Crippen LogP contribution < -0.4 is 5.73 Å². The molecule has 2 unspecified atom stereocenters. The first-order valence-corrected chi connectivity index (χ1v) is 4.44. The van der Waals surface area contributed by atoms with Gasteiger partial charge < -0.3 is 5.73 Å². The highest BCUT2D eigenvalue weighted by Gasteiger charge is 2.42. The Bertz CT molecular complexity index is 397. The molecule has 2 atom stereocenters. The fourth-order valence-corrected chi connectivity index (χ4v) is 1.57. The summed E-state index contributed by atoms with van der Waals surface area (Å²) < 4.78 is 0. The van der Waals surface area contributed by atoms with E-state index in [9.17, 15) is 10.1 Å². The number of nitrogen functional groups attached to an aromatic ring is 1. The van der Waals surface area contributed by atoms with Crippen LogP contribution in [0.4, 0.5) is 11.6 Å². The van der Waals surface area contributed by atoms with E-state index < -0.39 is 4.92 Å². The van der Waals surface area contributed by atoms with Crippen molar-refractivity contribution in [2.45, 2.75) is 17.7 Å². The van der Waals surface area contributed by atoms with Gasteiger partial charge in [-0.1, -0.05) is 0 Å². The minimum Gasteiger partial charge on any atom is -0.368 e. The summed E-state index contributed by atoms with van der Waals surface area (Å²) in [6.07, 6.45) is 1.83. The topological polar surface area (TPSA) is 94.9 Å². The van der Waals surface area contributed by atoms with Crippen LogP contribution in [0.15, 0.2) is 6.20 Å². The molecule has 0 amide bonds. The predicted octanol–water partition coefficient (Wildman–Crippen LogP) is 1.06. The van der Waals surface area contributed by atoms with Crippen LogP contribution in [-0.4, -0.2) is 20.3 Å². The Kier molecular flexibility index (Phi) is 1.99. The second kappa shape index (κ2) is 3.06. The van der Waals surface area contributed by atoms with Crippen LogP contribution in [0.3, 0.4) is 0 Å². The molecule has 0 radical (unpaired) electrons. The van der Waals surface area contributed by atoms with Gasteiger partial charge in [-0.3, -0.25) is 10.1 Å². The predicted molar refractivity (Wildman–Crippen MR) is 50.1 cm³/mol. The molecule has 74 valence electrons. The summed E-state index contributed by atoms with van der Waals surface area (Å²) in [7, 11) is 0. The lowest BCUT2D eigenvalue weighted by molar-refractivity contribution is -0.386. The summed E-state index contributed by atoms with van der Waals surface area (Å²) in [5.41, 5.74) is 5.60. The summed E-state index contributed by atoms with van der Waals surface area (Å²) in [5, 5.41) is 10.5. The van der Waals surface area contributed by atoms with Crippen molar-refractivity contribution in [3.63, 3.8) is 0 Å². The van der Waals surface area contributed by atoms with Crippen molar-refractivity contribution in [2.75, 3.05) is 5.73 Å². The number of hydrogen-bond acceptors (Lipinski definition) is 5. The standard InChI is InChI=1S/C7H7ClN4O2/c8-4-1-3(4)6-5(12(13)14)2-10-7(9)11-6/h2-4H,1H2,(H2,9,10,11). The number of nitrogens with two attached hydrogens (primary N) is 1. The molecule has 2 rings (SSSR count). The zero-order valence-corrected chi connectivity index (χ0v) is 7.81. The zero-order chi connectivity index (χ0) is 10.3. The van der Waals surface area contributed by atoms with E-state index in [1.165, 1.54) is 0 Å². The van der Waals surface area contributed by atoms with Gasteiger partial charge in [-0.25, -0.2) is 9.97 Å². The number of hydrogen-bond donors (Lipinski definition) is 1. The Morgan fingerprint density at radius 3 is 2.86 bits per heavy atom. The van der Waals surface area contributed by atoms with Crippen LogP contribution >= 0.6 is 11.6 Å². The summed E-state index contributed by atoms with van der Waals surface area (Å²) in [6, 6.07) is 0. The van der Waals surface area contributed by atoms with Gasteiger partial charge in [0.2, 0.25) is 5.95 Å². The molecule has 0 spiro atoms. The third-order valence-electron chi connectivity index (χ3n) is 2.08. The van der Waals surface area contributed by atoms with Gasteiger partial charge in [0.1, 0.15) is 11.9 Å². The average Bonchev–Trinajstić information content (AvgIpc) is 2.82. The second-order valence-electron chi connectivity index (χ2n) is 3.11. The smallest absolute Gasteiger partial charge is 0.309 e. The fourth-order valence-electron chi connectivity index (χ4n) is 1.26. The van der Waals surface area contributed by atoms with Crippen LogP contribution in [0.2, 0.25) is 0 Å². The summed E-state index contributed by atoms with van der Waals surface area (Å²) in [5.74, 6) is -0.0104. The highest BCUT2D eigenvalue weighted by molar-refractivity contribution is 6.23. The third-order valence-corrected chi connectivity index (χ3v) is 2.56. The van der Waals surface area contributed by atoms with Crippen molar-refractivity contribution < 1.29 is 4.92 Å². The van der Waals surface area contributed by atoms with Crippen LogP contribution in [0.25, 0.3) is 0 Å². The van der Waals surface area contributed by atoms with Crippen LogP contribution in [0.1, 0.15) is 18.0 Å². The monoisotopic (exact) mass is 214 g/mol. The lowest BCUT2D eigenvalue weighted by atomic mass is 10.2. The van der Waals surface area contributed by atoms with Gasteiger partial charge in [0, 0.05) is 11.3 Å². The lowest BCUT2D eigenvalue weighted by Crippen LogP contribution is -2.03. The normalized spacial score (nSPS) is 24.6. The maximum atomic E-state index is 10.6. The maximum absolute atomic E-state index is 10.6. The second-order valence-corrected chi connectivity index (χ2v) is 3.67. The highest BCUT2D eigenvalue weighted by atomic mass is 35.5. The first-order chi connectivity index (χ1) is 6.59. The van der Waals surface area contributed by atoms with Gasteiger partial charge in [-0.15, -0.1) is 11.6 Å².